The van der Waals surface area contributed by atoms with E-state index in [1.807, 2.05) is 0 Å². The van der Waals surface area contributed by atoms with E-state index in [0.29, 0.717) is 11.9 Å². The Morgan fingerprint density at radius 2 is 1.88 bits per heavy atom. The van der Waals surface area contributed by atoms with E-state index >= 15 is 0 Å². The van der Waals surface area contributed by atoms with Gasteiger partial charge in [0.05, 0.1) is 27.4 Å². The van der Waals surface area contributed by atoms with Crippen molar-refractivity contribution in [3.8, 4) is 0 Å². The molecule has 0 saturated heterocycles. The van der Waals surface area contributed by atoms with Gasteiger partial charge in [-0.3, -0.25) is 19.5 Å². The lowest BCUT2D eigenvalue weighted by Gasteiger charge is -2.16. The number of hydrogen-bond donors (Lipinski definition) is 1. The minimum Gasteiger partial charge on any atom is -0.407 e. The summed E-state index contributed by atoms with van der Waals surface area (Å²) in [5.41, 5.74) is 1.11. The fourth-order valence-corrected chi connectivity index (χ4v) is 4.22. The molecule has 0 fully saturated rings. The highest BCUT2D eigenvalue weighted by Gasteiger charge is 2.18. The molecule has 0 aliphatic carbocycles. The largest absolute Gasteiger partial charge is 0.419 e. The number of nitrogens with one attached hydrogen (secondary N) is 1. The second-order valence-corrected chi connectivity index (χ2v) is 9.83. The van der Waals surface area contributed by atoms with Gasteiger partial charge in [-0.05, 0) is 37.1 Å². The maximum absolute atomic E-state index is 12.3. The Balaban J connectivity index is 1.58. The van der Waals surface area contributed by atoms with Gasteiger partial charge in [0.15, 0.2) is 5.58 Å². The SMILES string of the molecule is CC(NC(=O)CCCn1c(=O)oc2cc([N+](=O)[O-])ccc21)c1ccc(S(=O)(=O)N(C)C)cc1. The number of nitrogens with zero attached hydrogens (tertiary/aromatic N) is 3. The molecule has 1 N–H and O–H groups in total. The van der Waals surface area contributed by atoms with Crippen LogP contribution in [-0.4, -0.2) is 42.2 Å². The van der Waals surface area contributed by atoms with E-state index in [1.165, 1.54) is 49.0 Å². The number of aromatic nitrogens is 1. The summed E-state index contributed by atoms with van der Waals surface area (Å²) >= 11 is 0. The zero-order valence-corrected chi connectivity index (χ0v) is 19.2. The number of aryl methyl sites for hydroxylation is 1. The van der Waals surface area contributed by atoms with Crippen LogP contribution in [0.15, 0.2) is 56.6 Å². The van der Waals surface area contributed by atoms with E-state index in [-0.39, 0.29) is 41.1 Å². The minimum absolute atomic E-state index is 0.118. The standard InChI is InChI=1S/C21H24N4O7S/c1-14(15-6-9-17(10-7-15)33(30,31)23(2)3)22-20(26)5-4-12-24-18-11-8-16(25(28)29)13-19(18)32-21(24)27/h6-11,13-14H,4-5,12H2,1-3H3,(H,22,26). The third kappa shape index (κ3) is 5.29. The fraction of sp³-hybridized carbons (Fsp3) is 0.333. The molecule has 1 amide bonds. The van der Waals surface area contributed by atoms with Crippen molar-refractivity contribution in [2.24, 2.45) is 0 Å². The first kappa shape index (κ1) is 24.1. The summed E-state index contributed by atoms with van der Waals surface area (Å²) in [4.78, 5) is 34.9. The zero-order valence-electron chi connectivity index (χ0n) is 18.3. The Kier molecular flexibility index (Phi) is 6.98. The lowest BCUT2D eigenvalue weighted by Crippen LogP contribution is -2.27. The molecule has 0 spiro atoms. The summed E-state index contributed by atoms with van der Waals surface area (Å²) < 4.78 is 31.8. The Bertz CT molecular complexity index is 1340. The van der Waals surface area contributed by atoms with Crippen LogP contribution in [0.3, 0.4) is 0 Å². The molecule has 2 aromatic carbocycles. The number of oxazole rings is 1. The van der Waals surface area contributed by atoms with Crippen molar-refractivity contribution in [2.45, 2.75) is 37.2 Å². The van der Waals surface area contributed by atoms with Crippen LogP contribution in [0.2, 0.25) is 0 Å². The second-order valence-electron chi connectivity index (χ2n) is 7.68. The quantitative estimate of drug-likeness (QED) is 0.369. The number of nitro groups is 1. The number of nitro benzene ring substituents is 1. The Morgan fingerprint density at radius 1 is 1.21 bits per heavy atom. The van der Waals surface area contributed by atoms with Gasteiger partial charge in [0.1, 0.15) is 0 Å². The molecule has 0 bridgehead atoms. The molecule has 0 aliphatic rings. The molecule has 1 atom stereocenters. The smallest absolute Gasteiger partial charge is 0.407 e. The maximum Gasteiger partial charge on any atom is 0.419 e. The normalized spacial score (nSPS) is 12.7. The summed E-state index contributed by atoms with van der Waals surface area (Å²) in [7, 11) is -0.615. The first-order valence-corrected chi connectivity index (χ1v) is 11.5. The summed E-state index contributed by atoms with van der Waals surface area (Å²) in [6.45, 7) is 2.00. The molecular weight excluding hydrogens is 452 g/mol. The van der Waals surface area contributed by atoms with Crippen molar-refractivity contribution < 1.29 is 22.6 Å². The van der Waals surface area contributed by atoms with Crippen molar-refractivity contribution in [3.05, 3.63) is 68.7 Å². The summed E-state index contributed by atoms with van der Waals surface area (Å²) in [6.07, 6.45) is 0.494. The molecule has 0 radical (unpaired) electrons. The van der Waals surface area contributed by atoms with Crippen LogP contribution >= 0.6 is 0 Å². The highest BCUT2D eigenvalue weighted by Crippen LogP contribution is 2.21. The maximum atomic E-state index is 12.3. The van der Waals surface area contributed by atoms with Crippen molar-refractivity contribution in [1.82, 2.24) is 14.2 Å². The molecule has 3 aromatic rings. The molecule has 11 nitrogen and oxygen atoms in total. The second kappa shape index (κ2) is 9.55. The number of benzene rings is 2. The van der Waals surface area contributed by atoms with Gasteiger partial charge >= 0.3 is 5.76 Å². The van der Waals surface area contributed by atoms with Gasteiger partial charge in [-0.1, -0.05) is 12.1 Å². The van der Waals surface area contributed by atoms with Crippen LogP contribution in [0, 0.1) is 10.1 Å². The van der Waals surface area contributed by atoms with Crippen molar-refractivity contribution >= 4 is 32.7 Å². The fourth-order valence-electron chi connectivity index (χ4n) is 3.31. The van der Waals surface area contributed by atoms with Gasteiger partial charge in [-0.15, -0.1) is 0 Å². The number of amides is 1. The highest BCUT2D eigenvalue weighted by molar-refractivity contribution is 7.89. The molecular formula is C21H24N4O7S. The van der Waals surface area contributed by atoms with Crippen LogP contribution in [0.5, 0.6) is 0 Å². The van der Waals surface area contributed by atoms with Gasteiger partial charge in [0.25, 0.3) is 5.69 Å². The minimum atomic E-state index is -3.52. The number of rotatable bonds is 9. The number of carbonyl (C=O) groups excluding carboxylic acids is 1. The monoisotopic (exact) mass is 476 g/mol. The average molecular weight is 477 g/mol. The first-order chi connectivity index (χ1) is 15.5. The van der Waals surface area contributed by atoms with E-state index in [4.69, 9.17) is 4.42 Å². The van der Waals surface area contributed by atoms with Gasteiger partial charge in [0, 0.05) is 33.1 Å². The molecule has 1 heterocycles. The summed E-state index contributed by atoms with van der Waals surface area (Å²) in [5, 5.41) is 13.7. The van der Waals surface area contributed by atoms with Crippen LogP contribution in [-0.2, 0) is 21.4 Å². The van der Waals surface area contributed by atoms with E-state index in [9.17, 15) is 28.1 Å². The lowest BCUT2D eigenvalue weighted by molar-refractivity contribution is -0.384. The Morgan fingerprint density at radius 3 is 2.48 bits per heavy atom. The predicted octanol–water partition coefficient (Wildman–Crippen LogP) is 2.41. The number of hydrogen-bond acceptors (Lipinski definition) is 7. The topological polar surface area (TPSA) is 145 Å². The number of sulfonamides is 1. The third-order valence-corrected chi connectivity index (χ3v) is 7.01. The zero-order chi connectivity index (χ0) is 24.3. The van der Waals surface area contributed by atoms with Crippen molar-refractivity contribution in [2.75, 3.05) is 14.1 Å². The molecule has 12 heteroatoms. The van der Waals surface area contributed by atoms with Crippen molar-refractivity contribution in [1.29, 1.82) is 0 Å². The molecule has 33 heavy (non-hydrogen) atoms. The van der Waals surface area contributed by atoms with Crippen LogP contribution < -0.4 is 11.1 Å². The molecule has 0 saturated carbocycles. The Labute approximate surface area is 189 Å². The van der Waals surface area contributed by atoms with Gasteiger partial charge in [-0.2, -0.15) is 0 Å². The van der Waals surface area contributed by atoms with E-state index in [1.54, 1.807) is 19.1 Å². The molecule has 176 valence electrons. The molecule has 3 rings (SSSR count). The first-order valence-electron chi connectivity index (χ1n) is 10.1. The van der Waals surface area contributed by atoms with Crippen molar-refractivity contribution in [3.63, 3.8) is 0 Å². The predicted molar refractivity (Wildman–Crippen MR) is 120 cm³/mol. The van der Waals surface area contributed by atoms with E-state index in [2.05, 4.69) is 5.32 Å². The van der Waals surface area contributed by atoms with Gasteiger partial charge in [-0.25, -0.2) is 17.5 Å². The molecule has 1 unspecified atom stereocenters. The lowest BCUT2D eigenvalue weighted by atomic mass is 10.1. The van der Waals surface area contributed by atoms with Crippen LogP contribution in [0.1, 0.15) is 31.4 Å². The van der Waals surface area contributed by atoms with E-state index < -0.39 is 20.7 Å². The Hall–Kier alpha value is -3.51. The third-order valence-electron chi connectivity index (χ3n) is 5.18. The highest BCUT2D eigenvalue weighted by atomic mass is 32.2. The van der Waals surface area contributed by atoms with Crippen LogP contribution in [0.4, 0.5) is 5.69 Å². The number of non-ortho nitro benzene ring substituents is 1. The molecule has 0 aliphatic heterocycles. The molecule has 1 aromatic heterocycles. The average Bonchev–Trinajstić information content (AvgIpc) is 3.08. The van der Waals surface area contributed by atoms with Gasteiger partial charge < -0.3 is 9.73 Å². The summed E-state index contributed by atoms with van der Waals surface area (Å²) in [5.74, 6) is -0.879. The van der Waals surface area contributed by atoms with Crippen LogP contribution in [0.25, 0.3) is 11.1 Å². The summed E-state index contributed by atoms with van der Waals surface area (Å²) in [6, 6.07) is 9.87. The number of carbonyl (C=O) groups is 1. The number of fused-ring (bicyclic) bond motifs is 1. The van der Waals surface area contributed by atoms with Gasteiger partial charge in [0.2, 0.25) is 15.9 Å². The van der Waals surface area contributed by atoms with E-state index in [0.717, 1.165) is 9.87 Å².